The van der Waals surface area contributed by atoms with Gasteiger partial charge >= 0.3 is 0 Å². The van der Waals surface area contributed by atoms with E-state index in [0.717, 1.165) is 28.3 Å². The molecule has 0 fully saturated rings. The number of phenols is 1. The lowest BCUT2D eigenvalue weighted by atomic mass is 9.87. The van der Waals surface area contributed by atoms with Gasteiger partial charge in [-0.15, -0.1) is 0 Å². The fourth-order valence-electron chi connectivity index (χ4n) is 5.21. The highest BCUT2D eigenvalue weighted by molar-refractivity contribution is 5.70. The van der Waals surface area contributed by atoms with Crippen molar-refractivity contribution in [1.82, 2.24) is 19.3 Å². The first-order valence-corrected chi connectivity index (χ1v) is 13.8. The summed E-state index contributed by atoms with van der Waals surface area (Å²) in [7, 11) is 0. The number of para-hydroxylation sites is 2. The molecule has 2 aromatic heterocycles. The largest absolute Gasteiger partial charge is 0.506 e. The summed E-state index contributed by atoms with van der Waals surface area (Å²) in [6.45, 7) is 15.6. The van der Waals surface area contributed by atoms with Crippen molar-refractivity contribution in [2.24, 2.45) is 0 Å². The van der Waals surface area contributed by atoms with Crippen molar-refractivity contribution in [1.29, 1.82) is 0 Å². The highest BCUT2D eigenvalue weighted by Crippen LogP contribution is 2.37. The Labute approximate surface area is 231 Å². The van der Waals surface area contributed by atoms with E-state index in [1.165, 1.54) is 22.4 Å². The number of hydrogen-bond donors (Lipinski definition) is 1. The number of benzene rings is 3. The molecule has 0 aliphatic heterocycles. The van der Waals surface area contributed by atoms with Crippen LogP contribution in [0.4, 0.5) is 0 Å². The summed E-state index contributed by atoms with van der Waals surface area (Å²) < 4.78 is 4.05. The minimum absolute atomic E-state index is 0.205. The second-order valence-corrected chi connectivity index (χ2v) is 11.3. The van der Waals surface area contributed by atoms with E-state index >= 15 is 0 Å². The average molecular weight is 519 g/mol. The first kappa shape index (κ1) is 26.5. The molecule has 5 heteroatoms. The summed E-state index contributed by atoms with van der Waals surface area (Å²) >= 11 is 0. The number of phenolic OH excluding ortho intramolecular Hbond substituents is 1. The molecule has 3 aromatic carbocycles. The quantitative estimate of drug-likeness (QED) is 0.234. The highest BCUT2D eigenvalue weighted by Gasteiger charge is 2.21. The van der Waals surface area contributed by atoms with Crippen LogP contribution in [0.25, 0.3) is 34.0 Å². The van der Waals surface area contributed by atoms with Crippen molar-refractivity contribution in [3.05, 3.63) is 102 Å². The van der Waals surface area contributed by atoms with E-state index < -0.39 is 0 Å². The molecule has 0 bridgehead atoms. The summed E-state index contributed by atoms with van der Waals surface area (Å²) in [5.41, 5.74) is 9.81. The molecular formula is C34H38N4O. The minimum atomic E-state index is 0.205. The van der Waals surface area contributed by atoms with Gasteiger partial charge in [0.1, 0.15) is 17.3 Å². The van der Waals surface area contributed by atoms with Gasteiger partial charge in [0.25, 0.3) is 0 Å². The van der Waals surface area contributed by atoms with Gasteiger partial charge in [0, 0.05) is 29.2 Å². The summed E-state index contributed by atoms with van der Waals surface area (Å²) in [4.78, 5) is 4.84. The van der Waals surface area contributed by atoms with E-state index in [1.807, 2.05) is 31.3 Å². The van der Waals surface area contributed by atoms with Crippen LogP contribution in [0, 0.1) is 6.92 Å². The Morgan fingerprint density at radius 1 is 0.744 bits per heavy atom. The van der Waals surface area contributed by atoms with Gasteiger partial charge in [0.05, 0.1) is 11.4 Å². The first-order valence-electron chi connectivity index (χ1n) is 13.8. The number of aromatic hydroxyl groups is 1. The molecule has 0 amide bonds. The standard InChI is InChI=1S/C34H38N4O/c1-21(2)27-19-28(22(3)4)33(29(20-27)23(5)6)37-16-15-35-34(37)26-12-10-11-25(18-26)30-17-24(7)38(36-30)31-13-8-9-14-32(31)39/h8-23,39H,1-7H3. The van der Waals surface area contributed by atoms with Gasteiger partial charge in [-0.25, -0.2) is 9.67 Å². The van der Waals surface area contributed by atoms with E-state index in [1.54, 1.807) is 10.7 Å². The molecule has 0 saturated heterocycles. The van der Waals surface area contributed by atoms with Gasteiger partial charge < -0.3 is 5.11 Å². The summed E-state index contributed by atoms with van der Waals surface area (Å²) in [5.74, 6) is 2.33. The number of nitrogens with zero attached hydrogens (tertiary/aromatic N) is 4. The molecule has 5 aromatic rings. The molecule has 2 heterocycles. The maximum atomic E-state index is 10.4. The van der Waals surface area contributed by atoms with Gasteiger partial charge in [0.2, 0.25) is 0 Å². The lowest BCUT2D eigenvalue weighted by Gasteiger charge is -2.24. The van der Waals surface area contributed by atoms with Gasteiger partial charge in [-0.1, -0.05) is 84.0 Å². The van der Waals surface area contributed by atoms with Gasteiger partial charge in [-0.2, -0.15) is 5.10 Å². The fourth-order valence-corrected chi connectivity index (χ4v) is 5.21. The first-order chi connectivity index (χ1) is 18.7. The summed E-state index contributed by atoms with van der Waals surface area (Å²) in [6.07, 6.45) is 3.98. The lowest BCUT2D eigenvalue weighted by molar-refractivity contribution is 0.470. The Balaban J connectivity index is 1.62. The number of aromatic nitrogens is 4. The fraction of sp³-hybridized carbons (Fsp3) is 0.294. The number of rotatable bonds is 7. The zero-order valence-corrected chi connectivity index (χ0v) is 24.0. The predicted molar refractivity (Wildman–Crippen MR) is 160 cm³/mol. The predicted octanol–water partition coefficient (Wildman–Crippen LogP) is 8.78. The molecule has 0 spiro atoms. The van der Waals surface area contributed by atoms with Gasteiger partial charge in [0.15, 0.2) is 0 Å². The van der Waals surface area contributed by atoms with Crippen LogP contribution in [0.5, 0.6) is 5.75 Å². The Hall–Kier alpha value is -4.12. The van der Waals surface area contributed by atoms with Gasteiger partial charge in [-0.3, -0.25) is 4.57 Å². The van der Waals surface area contributed by atoms with Crippen molar-refractivity contribution in [3.8, 4) is 39.8 Å². The Kier molecular flexibility index (Phi) is 7.17. The zero-order valence-electron chi connectivity index (χ0n) is 24.0. The van der Waals surface area contributed by atoms with Crippen LogP contribution in [-0.2, 0) is 0 Å². The van der Waals surface area contributed by atoms with E-state index in [0.29, 0.717) is 23.4 Å². The molecule has 39 heavy (non-hydrogen) atoms. The third-order valence-corrected chi connectivity index (χ3v) is 7.40. The molecule has 0 aliphatic carbocycles. The Morgan fingerprint density at radius 2 is 1.41 bits per heavy atom. The molecule has 1 N–H and O–H groups in total. The number of aryl methyl sites for hydroxylation is 1. The minimum Gasteiger partial charge on any atom is -0.506 e. The van der Waals surface area contributed by atoms with Crippen LogP contribution in [0.15, 0.2) is 79.1 Å². The molecule has 200 valence electrons. The van der Waals surface area contributed by atoms with Crippen LogP contribution in [0.2, 0.25) is 0 Å². The molecular weight excluding hydrogens is 480 g/mol. The van der Waals surface area contributed by atoms with E-state index in [-0.39, 0.29) is 5.75 Å². The third-order valence-electron chi connectivity index (χ3n) is 7.40. The van der Waals surface area contributed by atoms with Crippen molar-refractivity contribution in [2.75, 3.05) is 0 Å². The Morgan fingerprint density at radius 3 is 2.05 bits per heavy atom. The normalized spacial score (nSPS) is 11.7. The van der Waals surface area contributed by atoms with Gasteiger partial charge in [-0.05, 0) is 65.6 Å². The topological polar surface area (TPSA) is 55.9 Å². The number of imidazole rings is 1. The lowest BCUT2D eigenvalue weighted by Crippen LogP contribution is -2.10. The number of hydrogen-bond acceptors (Lipinski definition) is 3. The summed E-state index contributed by atoms with van der Waals surface area (Å²) in [6, 6.07) is 22.5. The van der Waals surface area contributed by atoms with E-state index in [2.05, 4.69) is 94.8 Å². The van der Waals surface area contributed by atoms with Crippen LogP contribution < -0.4 is 0 Å². The second kappa shape index (κ2) is 10.6. The molecule has 0 atom stereocenters. The van der Waals surface area contributed by atoms with Crippen molar-refractivity contribution in [2.45, 2.75) is 66.2 Å². The van der Waals surface area contributed by atoms with Crippen molar-refractivity contribution >= 4 is 0 Å². The third kappa shape index (κ3) is 5.01. The summed E-state index contributed by atoms with van der Waals surface area (Å²) in [5, 5.41) is 15.2. The van der Waals surface area contributed by atoms with E-state index in [4.69, 9.17) is 10.1 Å². The average Bonchev–Trinajstić information content (AvgIpc) is 3.55. The highest BCUT2D eigenvalue weighted by atomic mass is 16.3. The smallest absolute Gasteiger partial charge is 0.144 e. The molecule has 5 nitrogen and oxygen atoms in total. The van der Waals surface area contributed by atoms with Crippen LogP contribution in [-0.4, -0.2) is 24.4 Å². The van der Waals surface area contributed by atoms with Crippen LogP contribution in [0.1, 0.15) is 81.7 Å². The molecule has 5 rings (SSSR count). The maximum Gasteiger partial charge on any atom is 0.144 e. The SMILES string of the molecule is Cc1cc(-c2cccc(-c3nccn3-c3c(C(C)C)cc(C(C)C)cc3C(C)C)c2)nn1-c1ccccc1O. The molecule has 0 saturated carbocycles. The molecule has 0 radical (unpaired) electrons. The van der Waals surface area contributed by atoms with E-state index in [9.17, 15) is 5.11 Å². The maximum absolute atomic E-state index is 10.4. The zero-order chi connectivity index (χ0) is 27.8. The van der Waals surface area contributed by atoms with Crippen LogP contribution in [0.3, 0.4) is 0 Å². The second-order valence-electron chi connectivity index (χ2n) is 11.3. The van der Waals surface area contributed by atoms with Crippen LogP contribution >= 0.6 is 0 Å². The van der Waals surface area contributed by atoms with Crippen molar-refractivity contribution < 1.29 is 5.11 Å². The van der Waals surface area contributed by atoms with Crippen molar-refractivity contribution in [3.63, 3.8) is 0 Å². The molecule has 0 aliphatic rings. The monoisotopic (exact) mass is 518 g/mol. The molecule has 0 unspecified atom stereocenters. The Bertz CT molecular complexity index is 1590.